The molecule has 1 rings (SSSR count). The maximum absolute atomic E-state index is 11.0. The zero-order chi connectivity index (χ0) is 14.3. The molecule has 0 unspecified atom stereocenters. The molecule has 1 heterocycles. The van der Waals surface area contributed by atoms with Crippen LogP contribution in [0.3, 0.4) is 0 Å². The fourth-order valence-electron chi connectivity index (χ4n) is 1.32. The van der Waals surface area contributed by atoms with Gasteiger partial charge in [-0.25, -0.2) is 5.84 Å². The first-order chi connectivity index (χ1) is 9.10. The number of nitrogens with two attached hydrogens (primary N) is 2. The lowest BCUT2D eigenvalue weighted by molar-refractivity contribution is -0.116. The second-order valence-electron chi connectivity index (χ2n) is 3.71. The molecule has 106 valence electrons. The number of primary amides is 1. The Morgan fingerprint density at radius 1 is 1.37 bits per heavy atom. The number of carbonyl (C=O) groups excluding carboxylic acids is 1. The van der Waals surface area contributed by atoms with Gasteiger partial charge in [-0.2, -0.15) is 15.0 Å². The molecule has 9 nitrogen and oxygen atoms in total. The minimum Gasteiger partial charge on any atom is -0.463 e. The van der Waals surface area contributed by atoms with Crippen molar-refractivity contribution in [1.82, 2.24) is 15.0 Å². The van der Waals surface area contributed by atoms with E-state index in [0.29, 0.717) is 13.2 Å². The average molecular weight is 269 g/mol. The van der Waals surface area contributed by atoms with Crippen LogP contribution in [0.4, 0.5) is 11.9 Å². The van der Waals surface area contributed by atoms with E-state index in [-0.39, 0.29) is 24.5 Å². The van der Waals surface area contributed by atoms with Gasteiger partial charge in [-0.1, -0.05) is 6.92 Å². The Labute approximate surface area is 111 Å². The van der Waals surface area contributed by atoms with Crippen LogP contribution in [0, 0.1) is 0 Å². The maximum atomic E-state index is 11.0. The molecule has 0 atom stereocenters. The number of rotatable bonds is 8. The number of hydrazine groups is 1. The van der Waals surface area contributed by atoms with Crippen molar-refractivity contribution >= 4 is 17.8 Å². The Balaban J connectivity index is 2.99. The summed E-state index contributed by atoms with van der Waals surface area (Å²) in [6.07, 6.45) is 0.825. The molecule has 0 aliphatic heterocycles. The van der Waals surface area contributed by atoms with Gasteiger partial charge in [0.1, 0.15) is 0 Å². The Kier molecular flexibility index (Phi) is 5.73. The predicted octanol–water partition coefficient (Wildman–Crippen LogP) is -0.742. The van der Waals surface area contributed by atoms with E-state index in [2.05, 4.69) is 20.4 Å². The molecule has 1 amide bonds. The van der Waals surface area contributed by atoms with Crippen molar-refractivity contribution in [2.45, 2.75) is 20.3 Å². The van der Waals surface area contributed by atoms with Gasteiger partial charge < -0.3 is 15.4 Å². The van der Waals surface area contributed by atoms with E-state index < -0.39 is 5.91 Å². The zero-order valence-electron chi connectivity index (χ0n) is 11.1. The van der Waals surface area contributed by atoms with Gasteiger partial charge in [-0.3, -0.25) is 10.2 Å². The fraction of sp³-hybridized carbons (Fsp3) is 0.600. The van der Waals surface area contributed by atoms with Crippen LogP contribution in [-0.2, 0) is 4.79 Å². The molecule has 19 heavy (non-hydrogen) atoms. The Morgan fingerprint density at radius 2 is 2.11 bits per heavy atom. The first-order valence-corrected chi connectivity index (χ1v) is 5.99. The van der Waals surface area contributed by atoms with Crippen LogP contribution in [0.25, 0.3) is 0 Å². The summed E-state index contributed by atoms with van der Waals surface area (Å²) in [4.78, 5) is 24.7. The molecule has 0 aliphatic rings. The molecule has 0 aliphatic carbocycles. The van der Waals surface area contributed by atoms with Crippen LogP contribution in [0.2, 0.25) is 0 Å². The number of ether oxygens (including phenoxy) is 1. The number of nitrogens with one attached hydrogen (secondary N) is 1. The van der Waals surface area contributed by atoms with E-state index in [1.54, 1.807) is 4.90 Å². The van der Waals surface area contributed by atoms with Crippen molar-refractivity contribution in [2.24, 2.45) is 11.6 Å². The van der Waals surface area contributed by atoms with E-state index in [9.17, 15) is 4.79 Å². The lowest BCUT2D eigenvalue weighted by atomic mass is 10.5. The zero-order valence-corrected chi connectivity index (χ0v) is 11.1. The van der Waals surface area contributed by atoms with Gasteiger partial charge in [0.15, 0.2) is 0 Å². The monoisotopic (exact) mass is 269 g/mol. The Hall–Kier alpha value is -2.16. The average Bonchev–Trinajstić information content (AvgIpc) is 2.41. The van der Waals surface area contributed by atoms with E-state index in [0.717, 1.165) is 6.42 Å². The summed E-state index contributed by atoms with van der Waals surface area (Å²) >= 11 is 0. The van der Waals surface area contributed by atoms with Gasteiger partial charge in [-0.05, 0) is 13.3 Å². The normalized spacial score (nSPS) is 10.1. The SMILES string of the molecule is CCCOc1nc(NN)nc(N(CC)CC(N)=O)n1. The van der Waals surface area contributed by atoms with Crippen LogP contribution < -0.4 is 26.6 Å². The van der Waals surface area contributed by atoms with Crippen LogP contribution in [0.15, 0.2) is 0 Å². The van der Waals surface area contributed by atoms with Crippen molar-refractivity contribution in [1.29, 1.82) is 0 Å². The third-order valence-electron chi connectivity index (χ3n) is 2.18. The summed E-state index contributed by atoms with van der Waals surface area (Å²) < 4.78 is 5.34. The summed E-state index contributed by atoms with van der Waals surface area (Å²) in [5.41, 5.74) is 7.50. The number of amides is 1. The molecule has 0 fully saturated rings. The quantitative estimate of drug-likeness (QED) is 0.415. The number of aromatic nitrogens is 3. The van der Waals surface area contributed by atoms with Gasteiger partial charge in [0.25, 0.3) is 0 Å². The number of nitrogen functional groups attached to an aromatic ring is 1. The van der Waals surface area contributed by atoms with Gasteiger partial charge >= 0.3 is 6.01 Å². The molecule has 0 spiro atoms. The number of hydrogen-bond acceptors (Lipinski definition) is 8. The topological polar surface area (TPSA) is 132 Å². The third kappa shape index (κ3) is 4.54. The van der Waals surface area contributed by atoms with Crippen molar-refractivity contribution in [2.75, 3.05) is 30.0 Å². The second-order valence-corrected chi connectivity index (χ2v) is 3.71. The Morgan fingerprint density at radius 3 is 2.63 bits per heavy atom. The minimum absolute atomic E-state index is 0.0116. The fourth-order valence-corrected chi connectivity index (χ4v) is 1.32. The van der Waals surface area contributed by atoms with Crippen LogP contribution in [0.1, 0.15) is 20.3 Å². The molecule has 5 N–H and O–H groups in total. The summed E-state index contributed by atoms with van der Waals surface area (Å²) in [5.74, 6) is 5.27. The smallest absolute Gasteiger partial charge is 0.323 e. The lowest BCUT2D eigenvalue weighted by Crippen LogP contribution is -2.35. The number of carbonyl (C=O) groups is 1. The van der Waals surface area contributed by atoms with E-state index >= 15 is 0 Å². The van der Waals surface area contributed by atoms with Crippen molar-refractivity contribution in [3.05, 3.63) is 0 Å². The third-order valence-corrected chi connectivity index (χ3v) is 2.18. The molecule has 1 aromatic rings. The molecular weight excluding hydrogens is 250 g/mol. The lowest BCUT2D eigenvalue weighted by Gasteiger charge is -2.19. The van der Waals surface area contributed by atoms with E-state index in [4.69, 9.17) is 16.3 Å². The molecular formula is C10H19N7O2. The summed E-state index contributed by atoms with van der Waals surface area (Å²) in [6.45, 7) is 4.84. The standard InChI is InChI=1S/C10H19N7O2/c1-3-5-19-10-14-8(16-12)13-9(15-10)17(4-2)6-7(11)18/h3-6,12H2,1-2H3,(H2,11,18)(H,13,14,15,16). The summed E-state index contributed by atoms with van der Waals surface area (Å²) in [7, 11) is 0. The molecule has 0 saturated heterocycles. The number of anilines is 2. The first kappa shape index (κ1) is 14.9. The molecule has 0 bridgehead atoms. The van der Waals surface area contributed by atoms with Gasteiger partial charge in [0, 0.05) is 6.54 Å². The number of hydrogen-bond donors (Lipinski definition) is 3. The highest BCUT2D eigenvalue weighted by molar-refractivity contribution is 5.78. The maximum Gasteiger partial charge on any atom is 0.323 e. The molecule has 0 radical (unpaired) electrons. The van der Waals surface area contributed by atoms with Gasteiger partial charge in [0.2, 0.25) is 17.8 Å². The largest absolute Gasteiger partial charge is 0.463 e. The highest BCUT2D eigenvalue weighted by Gasteiger charge is 2.14. The molecule has 0 saturated carbocycles. The molecule has 9 heteroatoms. The predicted molar refractivity (Wildman–Crippen MR) is 70.5 cm³/mol. The Bertz CT molecular complexity index is 426. The summed E-state index contributed by atoms with van der Waals surface area (Å²) in [6, 6.07) is 0.155. The highest BCUT2D eigenvalue weighted by Crippen LogP contribution is 2.14. The number of likely N-dealkylation sites (N-methyl/N-ethyl adjacent to an activating group) is 1. The molecule has 0 aromatic carbocycles. The first-order valence-electron chi connectivity index (χ1n) is 5.99. The van der Waals surface area contributed by atoms with Crippen molar-refractivity contribution in [3.63, 3.8) is 0 Å². The second kappa shape index (κ2) is 7.31. The minimum atomic E-state index is -0.472. The number of nitrogens with zero attached hydrogens (tertiary/aromatic N) is 4. The van der Waals surface area contributed by atoms with Gasteiger partial charge in [0.05, 0.1) is 13.2 Å². The van der Waals surface area contributed by atoms with Crippen LogP contribution in [-0.4, -0.2) is 40.6 Å². The van der Waals surface area contributed by atoms with Crippen molar-refractivity contribution in [3.8, 4) is 6.01 Å². The molecule has 1 aromatic heterocycles. The van der Waals surface area contributed by atoms with Crippen molar-refractivity contribution < 1.29 is 9.53 Å². The summed E-state index contributed by atoms with van der Waals surface area (Å²) in [5, 5.41) is 0. The van der Waals surface area contributed by atoms with Gasteiger partial charge in [-0.15, -0.1) is 0 Å². The van der Waals surface area contributed by atoms with E-state index in [1.807, 2.05) is 13.8 Å². The van der Waals surface area contributed by atoms with E-state index in [1.165, 1.54) is 0 Å². The highest BCUT2D eigenvalue weighted by atomic mass is 16.5. The van der Waals surface area contributed by atoms with Crippen LogP contribution in [0.5, 0.6) is 6.01 Å². The van der Waals surface area contributed by atoms with Crippen LogP contribution >= 0.6 is 0 Å².